The first-order valence-electron chi connectivity index (χ1n) is 6.82. The molecule has 1 aliphatic heterocycles. The Hall–Kier alpha value is -0.910. The van der Waals surface area contributed by atoms with E-state index in [1.54, 1.807) is 0 Å². The predicted molar refractivity (Wildman–Crippen MR) is 89.7 cm³/mol. The maximum Gasteiger partial charge on any atom is 0.0725 e. The molecule has 0 saturated heterocycles. The highest BCUT2D eigenvalue weighted by Gasteiger charge is 2.18. The summed E-state index contributed by atoms with van der Waals surface area (Å²) in [4.78, 5) is 0. The van der Waals surface area contributed by atoms with Crippen molar-refractivity contribution in [2.45, 2.75) is 26.2 Å². The number of hydrogen-bond acceptors (Lipinski definition) is 2. The van der Waals surface area contributed by atoms with Crippen LogP contribution in [0.15, 0.2) is 36.4 Å². The molecule has 0 spiro atoms. The van der Waals surface area contributed by atoms with Crippen molar-refractivity contribution in [3.05, 3.63) is 67.8 Å². The highest BCUT2D eigenvalue weighted by molar-refractivity contribution is 14.1. The van der Waals surface area contributed by atoms with Crippen LogP contribution in [0.2, 0.25) is 0 Å². The number of aryl methyl sites for hydroxylation is 1. The second-order valence-electron chi connectivity index (χ2n) is 5.22. The van der Waals surface area contributed by atoms with E-state index in [9.17, 15) is 0 Å². The molecule has 1 heterocycles. The van der Waals surface area contributed by atoms with E-state index >= 15 is 0 Å². The Balaban J connectivity index is 2.03. The van der Waals surface area contributed by atoms with Gasteiger partial charge >= 0.3 is 0 Å². The Bertz CT molecular complexity index is 639. The van der Waals surface area contributed by atoms with Crippen LogP contribution in [0.4, 0.5) is 0 Å². The first kappa shape index (κ1) is 14.0. The summed E-state index contributed by atoms with van der Waals surface area (Å²) in [6.07, 6.45) is 0. The summed E-state index contributed by atoms with van der Waals surface area (Å²) in [5, 5.41) is 3.45. The van der Waals surface area contributed by atoms with Gasteiger partial charge in [0.25, 0.3) is 0 Å². The topological polar surface area (TPSA) is 21.3 Å². The van der Waals surface area contributed by atoms with E-state index in [2.05, 4.69) is 71.2 Å². The quantitative estimate of drug-likeness (QED) is 0.816. The second kappa shape index (κ2) is 5.84. The molecule has 1 unspecified atom stereocenters. The van der Waals surface area contributed by atoms with E-state index in [4.69, 9.17) is 4.74 Å². The fraction of sp³-hybridized carbons (Fsp3) is 0.294. The van der Waals surface area contributed by atoms with Crippen molar-refractivity contribution in [2.24, 2.45) is 0 Å². The van der Waals surface area contributed by atoms with Crippen LogP contribution in [0, 0.1) is 10.5 Å². The molecule has 0 aliphatic carbocycles. The first-order chi connectivity index (χ1) is 9.70. The molecule has 0 radical (unpaired) electrons. The van der Waals surface area contributed by atoms with Crippen molar-refractivity contribution in [3.63, 3.8) is 0 Å². The first-order valence-corrected chi connectivity index (χ1v) is 7.90. The lowest BCUT2D eigenvalue weighted by atomic mass is 9.95. The van der Waals surface area contributed by atoms with Crippen LogP contribution >= 0.6 is 22.6 Å². The number of fused-ring (bicyclic) bond motifs is 1. The minimum absolute atomic E-state index is 0.229. The number of halogens is 1. The van der Waals surface area contributed by atoms with Crippen LogP contribution in [-0.4, -0.2) is 7.05 Å². The van der Waals surface area contributed by atoms with Crippen molar-refractivity contribution in [2.75, 3.05) is 7.05 Å². The molecule has 2 aromatic carbocycles. The summed E-state index contributed by atoms with van der Waals surface area (Å²) in [7, 11) is 2.02. The largest absolute Gasteiger partial charge is 0.372 e. The smallest absolute Gasteiger partial charge is 0.0725 e. The number of rotatable bonds is 3. The van der Waals surface area contributed by atoms with Crippen LogP contribution < -0.4 is 5.32 Å². The predicted octanol–water partition coefficient (Wildman–Crippen LogP) is 3.94. The molecular formula is C17H18INO. The van der Waals surface area contributed by atoms with Gasteiger partial charge in [0.15, 0.2) is 0 Å². The number of nitrogens with one attached hydrogen (secondary N) is 1. The van der Waals surface area contributed by atoms with Gasteiger partial charge in [-0.3, -0.25) is 0 Å². The standard InChI is InChI=1S/C17H18INO/c1-11-4-3-5-15(16(11)18)17(19-2)12-6-7-13-9-20-10-14(13)8-12/h3-8,17,19H,9-10H2,1-2H3. The van der Waals surface area contributed by atoms with Gasteiger partial charge in [-0.15, -0.1) is 0 Å². The van der Waals surface area contributed by atoms with Gasteiger partial charge in [-0.25, -0.2) is 0 Å². The molecule has 1 aliphatic rings. The monoisotopic (exact) mass is 379 g/mol. The summed E-state index contributed by atoms with van der Waals surface area (Å²) in [6, 6.07) is 13.4. The molecule has 0 fully saturated rings. The van der Waals surface area contributed by atoms with E-state index in [0.717, 1.165) is 13.2 Å². The van der Waals surface area contributed by atoms with Crippen molar-refractivity contribution in [1.82, 2.24) is 5.32 Å². The molecule has 0 bridgehead atoms. The zero-order valence-corrected chi connectivity index (χ0v) is 13.9. The van der Waals surface area contributed by atoms with Crippen molar-refractivity contribution < 1.29 is 4.74 Å². The van der Waals surface area contributed by atoms with Crippen LogP contribution in [0.1, 0.15) is 33.9 Å². The van der Waals surface area contributed by atoms with Gasteiger partial charge in [-0.2, -0.15) is 0 Å². The molecule has 0 amide bonds. The summed E-state index contributed by atoms with van der Waals surface area (Å²) >= 11 is 2.44. The number of ether oxygens (including phenoxy) is 1. The van der Waals surface area contributed by atoms with Crippen LogP contribution in [0.5, 0.6) is 0 Å². The lowest BCUT2D eigenvalue weighted by Crippen LogP contribution is -2.19. The van der Waals surface area contributed by atoms with E-state index in [1.807, 2.05) is 7.05 Å². The minimum Gasteiger partial charge on any atom is -0.372 e. The average molecular weight is 379 g/mol. The summed E-state index contributed by atoms with van der Waals surface area (Å²) in [5.41, 5.74) is 6.62. The van der Waals surface area contributed by atoms with Gasteiger partial charge in [-0.05, 0) is 64.4 Å². The fourth-order valence-electron chi connectivity index (χ4n) is 2.77. The Kier molecular flexibility index (Phi) is 4.10. The Labute approximate surface area is 133 Å². The third-order valence-electron chi connectivity index (χ3n) is 3.90. The molecule has 3 heteroatoms. The lowest BCUT2D eigenvalue weighted by Gasteiger charge is -2.20. The van der Waals surface area contributed by atoms with Crippen molar-refractivity contribution >= 4 is 22.6 Å². The Morgan fingerprint density at radius 2 is 1.95 bits per heavy atom. The average Bonchev–Trinajstić information content (AvgIpc) is 2.92. The molecule has 1 atom stereocenters. The zero-order valence-electron chi connectivity index (χ0n) is 11.7. The van der Waals surface area contributed by atoms with Crippen LogP contribution in [-0.2, 0) is 18.0 Å². The molecule has 0 saturated carbocycles. The Morgan fingerprint density at radius 1 is 1.15 bits per heavy atom. The van der Waals surface area contributed by atoms with Gasteiger partial charge in [-0.1, -0.05) is 36.4 Å². The zero-order chi connectivity index (χ0) is 14.1. The summed E-state index contributed by atoms with van der Waals surface area (Å²) in [5.74, 6) is 0. The Morgan fingerprint density at radius 3 is 2.75 bits per heavy atom. The minimum atomic E-state index is 0.229. The van der Waals surface area contributed by atoms with Crippen molar-refractivity contribution in [3.8, 4) is 0 Å². The number of benzene rings is 2. The number of hydrogen-bond donors (Lipinski definition) is 1. The molecule has 1 N–H and O–H groups in total. The molecule has 104 valence electrons. The van der Waals surface area contributed by atoms with E-state index in [-0.39, 0.29) is 6.04 Å². The molecular weight excluding hydrogens is 361 g/mol. The fourth-order valence-corrected chi connectivity index (χ4v) is 3.44. The third kappa shape index (κ3) is 2.50. The summed E-state index contributed by atoms with van der Waals surface area (Å²) < 4.78 is 6.84. The van der Waals surface area contributed by atoms with E-state index in [0.29, 0.717) is 0 Å². The highest BCUT2D eigenvalue weighted by Crippen LogP contribution is 2.30. The molecule has 2 aromatic rings. The second-order valence-corrected chi connectivity index (χ2v) is 6.30. The molecule has 0 aromatic heterocycles. The maximum atomic E-state index is 5.51. The van der Waals surface area contributed by atoms with E-state index in [1.165, 1.54) is 31.4 Å². The van der Waals surface area contributed by atoms with Gasteiger partial charge < -0.3 is 10.1 Å². The van der Waals surface area contributed by atoms with Gasteiger partial charge in [0.2, 0.25) is 0 Å². The maximum absolute atomic E-state index is 5.51. The third-order valence-corrected chi connectivity index (χ3v) is 5.37. The molecule has 20 heavy (non-hydrogen) atoms. The van der Waals surface area contributed by atoms with Gasteiger partial charge in [0.1, 0.15) is 0 Å². The van der Waals surface area contributed by atoms with Gasteiger partial charge in [0.05, 0.1) is 19.3 Å². The lowest BCUT2D eigenvalue weighted by molar-refractivity contribution is 0.134. The SMILES string of the molecule is CNC(c1ccc2c(c1)COC2)c1cccc(C)c1I. The van der Waals surface area contributed by atoms with Crippen LogP contribution in [0.25, 0.3) is 0 Å². The summed E-state index contributed by atoms with van der Waals surface area (Å²) in [6.45, 7) is 3.65. The van der Waals surface area contributed by atoms with Gasteiger partial charge in [0, 0.05) is 3.57 Å². The van der Waals surface area contributed by atoms with E-state index < -0.39 is 0 Å². The van der Waals surface area contributed by atoms with Crippen molar-refractivity contribution in [1.29, 1.82) is 0 Å². The van der Waals surface area contributed by atoms with Crippen LogP contribution in [0.3, 0.4) is 0 Å². The highest BCUT2D eigenvalue weighted by atomic mass is 127. The normalized spacial score (nSPS) is 15.2. The molecule has 3 rings (SSSR count). The molecule has 2 nitrogen and oxygen atoms in total.